The van der Waals surface area contributed by atoms with E-state index in [2.05, 4.69) is 52.3 Å². The van der Waals surface area contributed by atoms with Crippen molar-refractivity contribution in [1.29, 1.82) is 0 Å². The number of aromatic nitrogens is 4. The lowest BCUT2D eigenvalue weighted by atomic mass is 10.0. The van der Waals surface area contributed by atoms with Crippen LogP contribution in [0.25, 0.3) is 45.6 Å². The van der Waals surface area contributed by atoms with Gasteiger partial charge in [-0.1, -0.05) is 38.1 Å². The maximum absolute atomic E-state index is 13.2. The quantitative estimate of drug-likeness (QED) is 0.0624. The van der Waals surface area contributed by atoms with Crippen LogP contribution in [0.1, 0.15) is 65.1 Å². The van der Waals surface area contributed by atoms with E-state index in [9.17, 15) is 14.7 Å². The molecule has 0 fully saturated rings. The van der Waals surface area contributed by atoms with E-state index in [4.69, 9.17) is 46.2 Å². The Balaban J connectivity index is 0.000000191. The number of likely N-dealkylation sites (N-methyl/N-ethyl adjacent to an activating group) is 1. The predicted octanol–water partition coefficient (Wildman–Crippen LogP) is 11.1. The second kappa shape index (κ2) is 26.0. The van der Waals surface area contributed by atoms with Crippen molar-refractivity contribution in [2.24, 2.45) is 0 Å². The van der Waals surface area contributed by atoms with Crippen molar-refractivity contribution in [2.75, 3.05) is 49.7 Å². The third kappa shape index (κ3) is 12.9. The van der Waals surface area contributed by atoms with Crippen LogP contribution in [0.2, 0.25) is 0 Å². The maximum Gasteiger partial charge on any atom is 0.279 e. The van der Waals surface area contributed by atoms with Gasteiger partial charge in [0.05, 0.1) is 45.8 Å². The number of hydrogen-bond acceptors (Lipinski definition) is 17. The number of methoxy groups -OCH3 is 5. The molecule has 0 saturated heterocycles. The van der Waals surface area contributed by atoms with Crippen LogP contribution in [0.15, 0.2) is 130 Å². The number of aryl methyl sites for hydroxylation is 2. The zero-order valence-corrected chi connectivity index (χ0v) is 44.1. The first-order chi connectivity index (χ1) is 34.8. The first-order valence-corrected chi connectivity index (χ1v) is 23.7. The number of carbonyl (C=O) groups excluding carboxylic acids is 2. The van der Waals surface area contributed by atoms with Crippen molar-refractivity contribution in [1.82, 2.24) is 25.5 Å². The average molecular weight is 1120 g/mol. The molecule has 0 radical (unpaired) electrons. The summed E-state index contributed by atoms with van der Waals surface area (Å²) in [7, 11) is 10.6. The van der Waals surface area contributed by atoms with E-state index in [0.717, 1.165) is 43.1 Å². The van der Waals surface area contributed by atoms with Crippen LogP contribution in [0.5, 0.6) is 17.2 Å². The Morgan fingerprint density at radius 2 is 1.11 bits per heavy atom. The summed E-state index contributed by atoms with van der Waals surface area (Å²) in [6.45, 7) is 3.84. The molecule has 2 atom stereocenters. The van der Waals surface area contributed by atoms with Gasteiger partial charge in [-0.05, 0) is 121 Å². The Kier molecular flexibility index (Phi) is 19.6. The lowest BCUT2D eigenvalue weighted by Crippen LogP contribution is -2.31. The molecule has 8 rings (SSSR count). The first-order valence-electron chi connectivity index (χ1n) is 22.1. The second-order valence-corrected chi connectivity index (χ2v) is 16.8. The van der Waals surface area contributed by atoms with Crippen molar-refractivity contribution in [3.63, 3.8) is 0 Å². The molecule has 1 N–H and O–H groups in total. The van der Waals surface area contributed by atoms with Gasteiger partial charge in [0.1, 0.15) is 39.3 Å². The molecule has 72 heavy (non-hydrogen) atoms. The minimum absolute atomic E-state index is 0.0501. The van der Waals surface area contributed by atoms with Crippen LogP contribution in [-0.4, -0.2) is 92.0 Å². The van der Waals surface area contributed by atoms with Gasteiger partial charge in [-0.2, -0.15) is 0 Å². The van der Waals surface area contributed by atoms with Crippen LogP contribution in [-0.2, 0) is 38.6 Å². The molecule has 4 aromatic heterocycles. The standard InChI is InChI=1S/C25H23BrN2O6.C15H19N3O4.C12H11BrO3/c1-5-21-27-28-25(34-21)15-8-6-14(7-9-15)24(32-4)23(29)18-11-10-17(33-18)16-12-19(30-2)22(26)20(13-16)31-3;1-5-12-16-17-14(22-12)11-8-6-10(7-9-11)13(20-3)15(19)18(2)21-4;1-15-11-6-8(10-3-2-4-16-10)5-9(7-14)12(11)13/h6-13,24H,5H2,1-4H3;6-9,13H,5H2,1-4H3;2-6,14H,7H2,1H3. The van der Waals surface area contributed by atoms with E-state index in [-0.39, 0.29) is 24.1 Å². The minimum Gasteiger partial charge on any atom is -0.496 e. The summed E-state index contributed by atoms with van der Waals surface area (Å²) < 4.78 is 50.6. The topological polar surface area (TPSA) is 217 Å². The Labute approximate surface area is 432 Å². The Hall–Kier alpha value is -6.94. The van der Waals surface area contributed by atoms with Gasteiger partial charge in [0, 0.05) is 56.4 Å². The van der Waals surface area contributed by atoms with E-state index in [1.165, 1.54) is 28.4 Å². The summed E-state index contributed by atoms with van der Waals surface area (Å²) >= 11 is 6.83. The molecular weight excluding hydrogens is 1060 g/mol. The van der Waals surface area contributed by atoms with Crippen LogP contribution in [0.4, 0.5) is 0 Å². The molecule has 2 unspecified atom stereocenters. The summed E-state index contributed by atoms with van der Waals surface area (Å²) in [5, 5.41) is 26.3. The fraction of sp³-hybridized carbons (Fsp3) is 0.269. The largest absolute Gasteiger partial charge is 0.496 e. The number of rotatable bonds is 18. The van der Waals surface area contributed by atoms with Crippen molar-refractivity contribution in [2.45, 2.75) is 45.5 Å². The number of nitrogens with zero attached hydrogens (tertiary/aromatic N) is 5. The van der Waals surface area contributed by atoms with Crippen molar-refractivity contribution in [3.05, 3.63) is 147 Å². The van der Waals surface area contributed by atoms with Gasteiger partial charge in [-0.3, -0.25) is 14.4 Å². The molecule has 20 heteroatoms. The lowest BCUT2D eigenvalue weighted by Gasteiger charge is -2.20. The van der Waals surface area contributed by atoms with Gasteiger partial charge in [-0.15, -0.1) is 20.4 Å². The molecular formula is C52H53Br2N5O13. The number of aliphatic hydroxyl groups is 1. The van der Waals surface area contributed by atoms with Gasteiger partial charge in [-0.25, -0.2) is 5.06 Å². The maximum atomic E-state index is 13.2. The van der Waals surface area contributed by atoms with Gasteiger partial charge in [0.25, 0.3) is 5.91 Å². The molecule has 0 aliphatic rings. The van der Waals surface area contributed by atoms with Crippen molar-refractivity contribution < 1.29 is 60.9 Å². The number of hydrogen-bond donors (Lipinski definition) is 1. The SMILES string of the molecule is CCc1nnc(-c2ccc(C(OC)C(=O)N(C)OC)cc2)o1.CCc1nnc(-c2ccc(C(OC)C(=O)c3ccc(-c4cc(OC)c(Br)c(OC)c4)o3)cc2)o1.COc1cc(-c2ccco2)cc(CO)c1Br. The lowest BCUT2D eigenvalue weighted by molar-refractivity contribution is -0.179. The molecule has 18 nitrogen and oxygen atoms in total. The summed E-state index contributed by atoms with van der Waals surface area (Å²) in [6, 6.07) is 28.8. The molecule has 0 spiro atoms. The van der Waals surface area contributed by atoms with Crippen LogP contribution < -0.4 is 14.2 Å². The second-order valence-electron chi connectivity index (χ2n) is 15.2. The number of halogens is 2. The summed E-state index contributed by atoms with van der Waals surface area (Å²) in [5.74, 6) is 4.73. The molecule has 8 aromatic rings. The van der Waals surface area contributed by atoms with Gasteiger partial charge in [0.15, 0.2) is 11.9 Å². The number of benzene rings is 4. The number of Topliss-reactive ketones (excluding diaryl/α,β-unsaturated/α-hetero) is 1. The highest BCUT2D eigenvalue weighted by Gasteiger charge is 2.27. The number of furan rings is 2. The zero-order chi connectivity index (χ0) is 51.9. The average Bonchev–Trinajstić information content (AvgIpc) is 4.29. The van der Waals surface area contributed by atoms with Crippen molar-refractivity contribution >= 4 is 43.6 Å². The molecule has 4 heterocycles. The Morgan fingerprint density at radius 3 is 1.54 bits per heavy atom. The molecule has 0 bridgehead atoms. The fourth-order valence-corrected chi connectivity index (χ4v) is 8.00. The van der Waals surface area contributed by atoms with Gasteiger partial charge >= 0.3 is 0 Å². The fourth-order valence-electron chi connectivity index (χ4n) is 6.93. The van der Waals surface area contributed by atoms with E-state index in [0.29, 0.717) is 75.0 Å². The Morgan fingerprint density at radius 1 is 0.611 bits per heavy atom. The van der Waals surface area contributed by atoms with Crippen LogP contribution in [0, 0.1) is 0 Å². The van der Waals surface area contributed by atoms with E-state index >= 15 is 0 Å². The third-order valence-electron chi connectivity index (χ3n) is 10.9. The monoisotopic (exact) mass is 1110 g/mol. The molecule has 0 aliphatic heterocycles. The summed E-state index contributed by atoms with van der Waals surface area (Å²) in [4.78, 5) is 30.2. The smallest absolute Gasteiger partial charge is 0.279 e. The molecule has 0 aliphatic carbocycles. The highest BCUT2D eigenvalue weighted by Crippen LogP contribution is 2.40. The van der Waals surface area contributed by atoms with Crippen LogP contribution >= 0.6 is 31.9 Å². The van der Waals surface area contributed by atoms with Gasteiger partial charge < -0.3 is 46.5 Å². The Bertz CT molecular complexity index is 2960. The van der Waals surface area contributed by atoms with Crippen LogP contribution in [0.3, 0.4) is 0 Å². The number of ketones is 1. The molecule has 0 saturated carbocycles. The number of ether oxygens (including phenoxy) is 5. The van der Waals surface area contributed by atoms with Gasteiger partial charge in [0.2, 0.25) is 29.3 Å². The van der Waals surface area contributed by atoms with E-state index in [1.54, 1.807) is 76.1 Å². The van der Waals surface area contributed by atoms with Crippen molar-refractivity contribution in [3.8, 4) is 62.8 Å². The zero-order valence-electron chi connectivity index (χ0n) is 40.9. The first kappa shape index (κ1) is 54.4. The molecule has 378 valence electrons. The highest BCUT2D eigenvalue weighted by molar-refractivity contribution is 9.11. The number of carbonyl (C=O) groups is 2. The summed E-state index contributed by atoms with van der Waals surface area (Å²) in [5.41, 5.74) is 5.31. The number of amides is 1. The minimum atomic E-state index is -0.837. The molecule has 4 aromatic carbocycles. The third-order valence-corrected chi connectivity index (χ3v) is 12.5. The van der Waals surface area contributed by atoms with E-state index < -0.39 is 12.2 Å². The normalized spacial score (nSPS) is 11.7. The van der Waals surface area contributed by atoms with E-state index in [1.807, 2.05) is 62.4 Å². The highest BCUT2D eigenvalue weighted by atomic mass is 79.9. The number of hydroxylamine groups is 2. The number of aliphatic hydroxyl groups excluding tert-OH is 1. The summed E-state index contributed by atoms with van der Waals surface area (Å²) in [6.07, 6.45) is 1.40. The predicted molar refractivity (Wildman–Crippen MR) is 271 cm³/mol. The molecule has 1 amide bonds.